The van der Waals surface area contributed by atoms with Gasteiger partial charge in [-0.1, -0.05) is 15.9 Å². The van der Waals surface area contributed by atoms with Crippen LogP contribution in [0, 0.1) is 0 Å². The summed E-state index contributed by atoms with van der Waals surface area (Å²) in [4.78, 5) is 12.2. The third kappa shape index (κ3) is 3.11. The number of phenolic OH excluding ortho intramolecular Hbond substituents is 1. The molecule has 1 aromatic heterocycles. The van der Waals surface area contributed by atoms with E-state index in [1.54, 1.807) is 23.7 Å². The first kappa shape index (κ1) is 16.0. The number of aromatic nitrogens is 2. The zero-order valence-corrected chi connectivity index (χ0v) is 14.2. The molecule has 0 amide bonds. The molecule has 1 N–H and O–H groups in total. The molecule has 1 fully saturated rings. The Labute approximate surface area is 142 Å². The fourth-order valence-electron chi connectivity index (χ4n) is 2.69. The van der Waals surface area contributed by atoms with Crippen LogP contribution in [0.3, 0.4) is 0 Å². The predicted octanol–water partition coefficient (Wildman–Crippen LogP) is 3.16. The van der Waals surface area contributed by atoms with Crippen LogP contribution in [-0.2, 0) is 9.47 Å². The molecular weight excluding hydrogens is 364 g/mol. The van der Waals surface area contributed by atoms with Gasteiger partial charge in [-0.15, -0.1) is 0 Å². The smallest absolute Gasteiger partial charge is 0.341 e. The second-order valence-electron chi connectivity index (χ2n) is 5.25. The van der Waals surface area contributed by atoms with Crippen molar-refractivity contribution in [2.75, 3.05) is 19.8 Å². The summed E-state index contributed by atoms with van der Waals surface area (Å²) in [5.74, 6) is -0.374. The van der Waals surface area contributed by atoms with Crippen molar-refractivity contribution in [1.29, 1.82) is 0 Å². The summed E-state index contributed by atoms with van der Waals surface area (Å²) < 4.78 is 13.0. The van der Waals surface area contributed by atoms with Crippen LogP contribution in [0.2, 0.25) is 0 Å². The van der Waals surface area contributed by atoms with Crippen molar-refractivity contribution in [2.24, 2.45) is 0 Å². The standard InChI is InChI=1S/C16H17BrN2O4/c1-2-23-16(21)13-8-18-19(11-5-6-22-9-11)15(13)12-4-3-10(17)7-14(12)20/h3-4,7-8,11,20H,2,5-6,9H2,1H3/t11-/m0/s1. The normalized spacial score (nSPS) is 17.4. The minimum Gasteiger partial charge on any atom is -0.507 e. The summed E-state index contributed by atoms with van der Waals surface area (Å²) >= 11 is 3.32. The largest absolute Gasteiger partial charge is 0.507 e. The molecule has 1 aliphatic rings. The Balaban J connectivity index is 2.13. The number of carbonyl (C=O) groups is 1. The highest BCUT2D eigenvalue weighted by Gasteiger charge is 2.28. The van der Waals surface area contributed by atoms with Gasteiger partial charge in [-0.3, -0.25) is 4.68 Å². The van der Waals surface area contributed by atoms with E-state index in [2.05, 4.69) is 21.0 Å². The monoisotopic (exact) mass is 380 g/mol. The molecule has 0 bridgehead atoms. The number of aromatic hydroxyl groups is 1. The van der Waals surface area contributed by atoms with Gasteiger partial charge < -0.3 is 14.6 Å². The van der Waals surface area contributed by atoms with Gasteiger partial charge in [0.25, 0.3) is 0 Å². The van der Waals surface area contributed by atoms with Crippen LogP contribution in [0.5, 0.6) is 5.75 Å². The lowest BCUT2D eigenvalue weighted by Crippen LogP contribution is -2.13. The molecule has 0 radical (unpaired) electrons. The molecule has 1 saturated heterocycles. The minimum absolute atomic E-state index is 0.0382. The van der Waals surface area contributed by atoms with E-state index in [9.17, 15) is 9.90 Å². The van der Waals surface area contributed by atoms with Crippen LogP contribution >= 0.6 is 15.9 Å². The molecule has 6 nitrogen and oxygen atoms in total. The number of esters is 1. The molecule has 0 unspecified atom stereocenters. The Hall–Kier alpha value is -1.86. The van der Waals surface area contributed by atoms with Crippen LogP contribution in [-0.4, -0.2) is 40.7 Å². The first-order valence-electron chi connectivity index (χ1n) is 7.43. The Bertz CT molecular complexity index is 723. The van der Waals surface area contributed by atoms with E-state index in [0.717, 1.165) is 10.9 Å². The molecule has 0 aliphatic carbocycles. The van der Waals surface area contributed by atoms with E-state index < -0.39 is 5.97 Å². The molecule has 1 atom stereocenters. The molecule has 3 rings (SSSR count). The minimum atomic E-state index is -0.449. The van der Waals surface area contributed by atoms with Crippen molar-refractivity contribution >= 4 is 21.9 Å². The van der Waals surface area contributed by atoms with Gasteiger partial charge in [-0.25, -0.2) is 4.79 Å². The van der Waals surface area contributed by atoms with Gasteiger partial charge in [0, 0.05) is 16.6 Å². The molecule has 1 aromatic carbocycles. The van der Waals surface area contributed by atoms with Crippen LogP contribution in [0.25, 0.3) is 11.3 Å². The van der Waals surface area contributed by atoms with Crippen LogP contribution in [0.4, 0.5) is 0 Å². The predicted molar refractivity (Wildman–Crippen MR) is 87.5 cm³/mol. The number of hydrogen-bond acceptors (Lipinski definition) is 5. The molecule has 7 heteroatoms. The number of benzene rings is 1. The van der Waals surface area contributed by atoms with Crippen LogP contribution in [0.15, 0.2) is 28.9 Å². The topological polar surface area (TPSA) is 73.6 Å². The Morgan fingerprint density at radius 2 is 2.39 bits per heavy atom. The summed E-state index contributed by atoms with van der Waals surface area (Å²) in [7, 11) is 0. The molecule has 0 spiro atoms. The Morgan fingerprint density at radius 3 is 3.04 bits per heavy atom. The van der Waals surface area contributed by atoms with Crippen molar-refractivity contribution in [3.05, 3.63) is 34.4 Å². The lowest BCUT2D eigenvalue weighted by molar-refractivity contribution is 0.0527. The molecule has 0 saturated carbocycles. The van der Waals surface area contributed by atoms with Gasteiger partial charge in [-0.2, -0.15) is 5.10 Å². The Kier molecular flexibility index (Phi) is 4.68. The van der Waals surface area contributed by atoms with Crippen LogP contribution < -0.4 is 0 Å². The molecular formula is C16H17BrN2O4. The summed E-state index contributed by atoms with van der Waals surface area (Å²) in [6.07, 6.45) is 2.31. The number of hydrogen-bond donors (Lipinski definition) is 1. The average Bonchev–Trinajstić information content (AvgIpc) is 3.16. The molecule has 23 heavy (non-hydrogen) atoms. The number of halogens is 1. The van der Waals surface area contributed by atoms with Crippen molar-refractivity contribution in [2.45, 2.75) is 19.4 Å². The van der Waals surface area contributed by atoms with E-state index in [1.165, 1.54) is 6.20 Å². The van der Waals surface area contributed by atoms with Gasteiger partial charge >= 0.3 is 5.97 Å². The van der Waals surface area contributed by atoms with Crippen LogP contribution in [0.1, 0.15) is 29.7 Å². The van der Waals surface area contributed by atoms with Gasteiger partial charge in [0.2, 0.25) is 0 Å². The van der Waals surface area contributed by atoms with Crippen molar-refractivity contribution in [3.8, 4) is 17.0 Å². The highest BCUT2D eigenvalue weighted by molar-refractivity contribution is 9.10. The van der Waals surface area contributed by atoms with Gasteiger partial charge in [-0.05, 0) is 31.5 Å². The third-order valence-electron chi connectivity index (χ3n) is 3.76. The summed E-state index contributed by atoms with van der Waals surface area (Å²) in [5.41, 5.74) is 1.45. The number of rotatable bonds is 4. The highest BCUT2D eigenvalue weighted by Crippen LogP contribution is 2.36. The fraction of sp³-hybridized carbons (Fsp3) is 0.375. The first-order chi connectivity index (χ1) is 11.1. The summed E-state index contributed by atoms with van der Waals surface area (Å²) in [6, 6.07) is 5.20. The molecule has 2 heterocycles. The zero-order valence-electron chi connectivity index (χ0n) is 12.7. The lowest BCUT2D eigenvalue weighted by Gasteiger charge is -2.15. The van der Waals surface area contributed by atoms with E-state index in [4.69, 9.17) is 9.47 Å². The van der Waals surface area contributed by atoms with E-state index in [0.29, 0.717) is 30.0 Å². The fourth-order valence-corrected chi connectivity index (χ4v) is 3.03. The number of carbonyl (C=O) groups excluding carboxylic acids is 1. The number of nitrogens with zero attached hydrogens (tertiary/aromatic N) is 2. The van der Waals surface area contributed by atoms with Crippen molar-refractivity contribution < 1.29 is 19.4 Å². The zero-order chi connectivity index (χ0) is 16.4. The summed E-state index contributed by atoms with van der Waals surface area (Å²) in [5, 5.41) is 14.7. The second kappa shape index (κ2) is 6.72. The first-order valence-corrected chi connectivity index (χ1v) is 8.22. The van der Waals surface area contributed by atoms with Gasteiger partial charge in [0.15, 0.2) is 0 Å². The lowest BCUT2D eigenvalue weighted by atomic mass is 10.1. The average molecular weight is 381 g/mol. The van der Waals surface area contributed by atoms with Crippen molar-refractivity contribution in [1.82, 2.24) is 9.78 Å². The SMILES string of the molecule is CCOC(=O)c1cnn([C@H]2CCOC2)c1-c1ccc(Br)cc1O. The third-order valence-corrected chi connectivity index (χ3v) is 4.25. The Morgan fingerprint density at radius 1 is 1.57 bits per heavy atom. The van der Waals surface area contributed by atoms with Gasteiger partial charge in [0.1, 0.15) is 11.3 Å². The van der Waals surface area contributed by atoms with E-state index >= 15 is 0 Å². The van der Waals surface area contributed by atoms with E-state index in [1.807, 2.05) is 6.07 Å². The maximum Gasteiger partial charge on any atom is 0.341 e. The second-order valence-corrected chi connectivity index (χ2v) is 6.17. The summed E-state index contributed by atoms with van der Waals surface area (Å²) in [6.45, 7) is 3.23. The molecule has 122 valence electrons. The maximum absolute atomic E-state index is 12.2. The van der Waals surface area contributed by atoms with Gasteiger partial charge in [0.05, 0.1) is 31.1 Å². The number of ether oxygens (including phenoxy) is 2. The highest BCUT2D eigenvalue weighted by atomic mass is 79.9. The molecule has 1 aliphatic heterocycles. The molecule has 2 aromatic rings. The van der Waals surface area contributed by atoms with Crippen molar-refractivity contribution in [3.63, 3.8) is 0 Å². The number of phenols is 1. The maximum atomic E-state index is 12.2. The quantitative estimate of drug-likeness (QED) is 0.824. The van der Waals surface area contributed by atoms with E-state index in [-0.39, 0.29) is 18.4 Å².